The Bertz CT molecular complexity index is 1020. The van der Waals surface area contributed by atoms with Gasteiger partial charge in [-0.2, -0.15) is 13.9 Å². The number of rotatable bonds is 4. The van der Waals surface area contributed by atoms with E-state index in [-0.39, 0.29) is 29.0 Å². The Balaban J connectivity index is 1.82. The summed E-state index contributed by atoms with van der Waals surface area (Å²) in [6.45, 7) is 4.08. The highest BCUT2D eigenvalue weighted by Crippen LogP contribution is 2.45. The van der Waals surface area contributed by atoms with E-state index in [0.29, 0.717) is 18.5 Å². The first-order valence-corrected chi connectivity index (χ1v) is 9.30. The van der Waals surface area contributed by atoms with Crippen molar-refractivity contribution in [2.45, 2.75) is 45.0 Å². The minimum atomic E-state index is -2.86. The summed E-state index contributed by atoms with van der Waals surface area (Å²) >= 11 is 0. The second kappa shape index (κ2) is 7.53. The fourth-order valence-electron chi connectivity index (χ4n) is 3.89. The quantitative estimate of drug-likeness (QED) is 0.542. The molecule has 4 rings (SSSR count). The molecule has 2 unspecified atom stereocenters. The van der Waals surface area contributed by atoms with Gasteiger partial charge in [-0.1, -0.05) is 19.9 Å². The molecule has 0 amide bonds. The lowest BCUT2D eigenvalue weighted by Gasteiger charge is -2.31. The Morgan fingerprint density at radius 1 is 1.00 bits per heavy atom. The smallest absolute Gasteiger partial charge is 0.314 e. The number of alkyl halides is 2. The van der Waals surface area contributed by atoms with Crippen molar-refractivity contribution in [3.8, 4) is 11.3 Å². The van der Waals surface area contributed by atoms with Gasteiger partial charge in [0.15, 0.2) is 0 Å². The molecule has 2 heterocycles. The summed E-state index contributed by atoms with van der Waals surface area (Å²) < 4.78 is 59.3. The van der Waals surface area contributed by atoms with Crippen LogP contribution in [0.3, 0.4) is 0 Å². The molecule has 2 aromatic heterocycles. The van der Waals surface area contributed by atoms with Crippen LogP contribution in [0.15, 0.2) is 28.7 Å². The summed E-state index contributed by atoms with van der Waals surface area (Å²) in [5.41, 5.74) is 1.12. The van der Waals surface area contributed by atoms with E-state index in [2.05, 4.69) is 20.4 Å². The van der Waals surface area contributed by atoms with E-state index in [1.165, 1.54) is 6.07 Å². The Morgan fingerprint density at radius 3 is 2.34 bits per heavy atom. The third kappa shape index (κ3) is 3.49. The molecule has 1 aliphatic carbocycles. The lowest BCUT2D eigenvalue weighted by atomic mass is 9.74. The van der Waals surface area contributed by atoms with Crippen molar-refractivity contribution < 1.29 is 22.0 Å². The molecular formula is C20H18F4N4O. The maximum atomic E-state index is 14.2. The summed E-state index contributed by atoms with van der Waals surface area (Å²) in [5, 5.41) is 15.4. The van der Waals surface area contributed by atoms with E-state index < -0.39 is 29.9 Å². The molecule has 0 saturated heterocycles. The first kappa shape index (κ1) is 19.5. The average molecular weight is 406 g/mol. The predicted molar refractivity (Wildman–Crippen MR) is 95.3 cm³/mol. The van der Waals surface area contributed by atoms with Crippen LogP contribution in [0.25, 0.3) is 11.3 Å². The fourth-order valence-corrected chi connectivity index (χ4v) is 3.89. The maximum Gasteiger partial charge on any atom is 0.314 e. The molecule has 0 aliphatic heterocycles. The zero-order chi connectivity index (χ0) is 20.7. The Hall–Kier alpha value is -2.84. The van der Waals surface area contributed by atoms with Crippen LogP contribution in [0.1, 0.15) is 68.0 Å². The van der Waals surface area contributed by atoms with Gasteiger partial charge in [-0.15, -0.1) is 15.3 Å². The summed E-state index contributed by atoms with van der Waals surface area (Å²) in [6, 6.07) is 5.23. The van der Waals surface area contributed by atoms with Crippen molar-refractivity contribution >= 4 is 0 Å². The highest BCUT2D eigenvalue weighted by Gasteiger charge is 2.35. The van der Waals surface area contributed by atoms with Gasteiger partial charge < -0.3 is 4.42 Å². The first-order valence-electron chi connectivity index (χ1n) is 9.30. The molecule has 3 aromatic rings. The number of hydrogen-bond donors (Lipinski definition) is 0. The van der Waals surface area contributed by atoms with Gasteiger partial charge in [0.25, 0.3) is 5.89 Å². The molecule has 0 N–H and O–H groups in total. The van der Waals surface area contributed by atoms with Crippen LogP contribution in [0.4, 0.5) is 17.6 Å². The molecule has 1 aliphatic rings. The molecule has 0 radical (unpaired) electrons. The van der Waals surface area contributed by atoms with Crippen LogP contribution in [-0.2, 0) is 0 Å². The standard InChI is InChI=1S/C20H18F4N4O/c1-9(2)10-6-7-11(19-27-28-20(29-19)18(23)24)17-12(10)8-15(25-26-17)16-13(21)4-3-5-14(16)22/h3-5,8-11,18H,6-7H2,1-2H3. The van der Waals surface area contributed by atoms with Crippen molar-refractivity contribution in [2.75, 3.05) is 0 Å². The van der Waals surface area contributed by atoms with Gasteiger partial charge in [0.05, 0.1) is 22.9 Å². The van der Waals surface area contributed by atoms with Gasteiger partial charge in [-0.3, -0.25) is 0 Å². The van der Waals surface area contributed by atoms with Crippen LogP contribution in [0.5, 0.6) is 0 Å². The molecule has 0 bridgehead atoms. The van der Waals surface area contributed by atoms with Crippen LogP contribution in [0.2, 0.25) is 0 Å². The van der Waals surface area contributed by atoms with E-state index >= 15 is 0 Å². The SMILES string of the molecule is CC(C)C1CCC(c2nnc(C(F)F)o2)c2nnc(-c3c(F)cccc3F)cc21. The van der Waals surface area contributed by atoms with Crippen molar-refractivity contribution in [2.24, 2.45) is 5.92 Å². The first-order chi connectivity index (χ1) is 13.9. The topological polar surface area (TPSA) is 64.7 Å². The molecule has 5 nitrogen and oxygen atoms in total. The summed E-state index contributed by atoms with van der Waals surface area (Å²) in [5.74, 6) is -2.35. The van der Waals surface area contributed by atoms with Crippen molar-refractivity contribution in [1.82, 2.24) is 20.4 Å². The molecule has 152 valence electrons. The van der Waals surface area contributed by atoms with Crippen LogP contribution >= 0.6 is 0 Å². The van der Waals surface area contributed by atoms with E-state index in [1.807, 2.05) is 13.8 Å². The molecule has 1 aromatic carbocycles. The largest absolute Gasteiger partial charge is 0.419 e. The zero-order valence-electron chi connectivity index (χ0n) is 15.7. The van der Waals surface area contributed by atoms with Gasteiger partial charge in [0, 0.05) is 0 Å². The number of nitrogens with zero attached hydrogens (tertiary/aromatic N) is 4. The maximum absolute atomic E-state index is 14.2. The molecule has 2 atom stereocenters. The molecular weight excluding hydrogens is 388 g/mol. The lowest BCUT2D eigenvalue weighted by Crippen LogP contribution is -2.21. The van der Waals surface area contributed by atoms with Gasteiger partial charge in [-0.05, 0) is 48.4 Å². The van der Waals surface area contributed by atoms with Crippen LogP contribution in [-0.4, -0.2) is 20.4 Å². The number of aromatic nitrogens is 4. The van der Waals surface area contributed by atoms with Gasteiger partial charge in [-0.25, -0.2) is 8.78 Å². The van der Waals surface area contributed by atoms with Crippen LogP contribution in [0, 0.1) is 17.6 Å². The molecule has 0 fully saturated rings. The van der Waals surface area contributed by atoms with E-state index in [9.17, 15) is 17.6 Å². The summed E-state index contributed by atoms with van der Waals surface area (Å²) in [4.78, 5) is 0. The van der Waals surface area contributed by atoms with Gasteiger partial charge in [0.2, 0.25) is 5.89 Å². The summed E-state index contributed by atoms with van der Waals surface area (Å²) in [7, 11) is 0. The predicted octanol–water partition coefficient (Wildman–Crippen LogP) is 5.41. The number of halogens is 4. The molecule has 29 heavy (non-hydrogen) atoms. The molecule has 9 heteroatoms. The van der Waals surface area contributed by atoms with Gasteiger partial charge >= 0.3 is 6.43 Å². The molecule has 0 spiro atoms. The van der Waals surface area contributed by atoms with Crippen molar-refractivity contribution in [3.63, 3.8) is 0 Å². The summed E-state index contributed by atoms with van der Waals surface area (Å²) in [6.07, 6.45) is -1.57. The number of benzene rings is 1. The number of hydrogen-bond acceptors (Lipinski definition) is 5. The fraction of sp³-hybridized carbons (Fsp3) is 0.400. The normalized spacial score (nSPS) is 19.0. The van der Waals surface area contributed by atoms with Crippen molar-refractivity contribution in [3.05, 3.63) is 58.9 Å². The van der Waals surface area contributed by atoms with Crippen LogP contribution < -0.4 is 0 Å². The van der Waals surface area contributed by atoms with Gasteiger partial charge in [0.1, 0.15) is 11.6 Å². The Morgan fingerprint density at radius 2 is 1.72 bits per heavy atom. The highest BCUT2D eigenvalue weighted by molar-refractivity contribution is 5.61. The minimum Gasteiger partial charge on any atom is -0.419 e. The Kier molecular flexibility index (Phi) is 5.06. The Labute approximate surface area is 164 Å². The second-order valence-electron chi connectivity index (χ2n) is 7.43. The van der Waals surface area contributed by atoms with Crippen molar-refractivity contribution in [1.29, 1.82) is 0 Å². The zero-order valence-corrected chi connectivity index (χ0v) is 15.7. The average Bonchev–Trinajstić information content (AvgIpc) is 3.17. The van der Waals surface area contributed by atoms with E-state index in [1.54, 1.807) is 6.07 Å². The third-order valence-corrected chi connectivity index (χ3v) is 5.31. The minimum absolute atomic E-state index is 0.0443. The van der Waals surface area contributed by atoms with E-state index in [4.69, 9.17) is 4.42 Å². The number of fused-ring (bicyclic) bond motifs is 1. The monoisotopic (exact) mass is 406 g/mol. The molecule has 0 saturated carbocycles. The van der Waals surface area contributed by atoms with E-state index in [0.717, 1.165) is 17.7 Å². The highest BCUT2D eigenvalue weighted by atomic mass is 19.3. The lowest BCUT2D eigenvalue weighted by molar-refractivity contribution is 0.112. The third-order valence-electron chi connectivity index (χ3n) is 5.31. The second-order valence-corrected chi connectivity index (χ2v) is 7.43.